The highest BCUT2D eigenvalue weighted by molar-refractivity contribution is 7.99. The highest BCUT2D eigenvalue weighted by Gasteiger charge is 2.41. The van der Waals surface area contributed by atoms with Gasteiger partial charge in [0.1, 0.15) is 11.4 Å². The molecule has 1 aliphatic heterocycles. The fourth-order valence-electron chi connectivity index (χ4n) is 4.41. The van der Waals surface area contributed by atoms with E-state index in [1.807, 2.05) is 97.9 Å². The summed E-state index contributed by atoms with van der Waals surface area (Å²) >= 11 is 1.52. The average molecular weight is 528 g/mol. The highest BCUT2D eigenvalue weighted by atomic mass is 32.2. The van der Waals surface area contributed by atoms with Gasteiger partial charge in [0.05, 0.1) is 23.6 Å². The third kappa shape index (κ3) is 5.37. The average Bonchev–Trinajstić information content (AvgIpc) is 3.05. The molecule has 3 aromatic carbocycles. The second-order valence-electron chi connectivity index (χ2n) is 9.29. The largest absolute Gasteiger partial charge is 0.497 e. The molecule has 0 saturated heterocycles. The van der Waals surface area contributed by atoms with Crippen molar-refractivity contribution in [2.45, 2.75) is 16.2 Å². The van der Waals surface area contributed by atoms with Crippen LogP contribution in [0.2, 0.25) is 0 Å². The van der Waals surface area contributed by atoms with E-state index in [9.17, 15) is 9.59 Å². The molecule has 1 amide bonds. The lowest BCUT2D eigenvalue weighted by Gasteiger charge is -2.28. The number of carbonyl (C=O) groups excluding carboxylic acids is 2. The number of likely N-dealkylation sites (N-methyl/N-ethyl adjacent to an activating group) is 1. The van der Waals surface area contributed by atoms with Crippen molar-refractivity contribution in [3.8, 4) is 5.75 Å². The van der Waals surface area contributed by atoms with Crippen LogP contribution in [0.1, 0.15) is 21.3 Å². The molecule has 0 N–H and O–H groups in total. The fraction of sp³-hybridized carbons (Fsp3) is 0.233. The Bertz CT molecular complexity index is 1460. The monoisotopic (exact) mass is 527 g/mol. The molecule has 1 aromatic heterocycles. The number of nitrogens with zero attached hydrogens (tertiary/aromatic N) is 3. The molecule has 0 spiro atoms. The molecule has 0 radical (unpaired) electrons. The Morgan fingerprint density at radius 1 is 0.974 bits per heavy atom. The molecule has 2 unspecified atom stereocenters. The maximum Gasteiger partial charge on any atom is 0.357 e. The van der Waals surface area contributed by atoms with Gasteiger partial charge in [0, 0.05) is 23.4 Å². The molecule has 4 aromatic rings. The van der Waals surface area contributed by atoms with Crippen molar-refractivity contribution in [1.29, 1.82) is 0 Å². The first-order chi connectivity index (χ1) is 18.4. The SMILES string of the molecule is COc1ccc(C2Sc3ccccc3N(CCN(C)C)C(=O)C2OC(=O)c2ccc3ccccc3n2)cc1. The minimum atomic E-state index is -1.07. The summed E-state index contributed by atoms with van der Waals surface area (Å²) < 4.78 is 11.4. The molecular weight excluding hydrogens is 498 g/mol. The number of pyridine rings is 1. The summed E-state index contributed by atoms with van der Waals surface area (Å²) in [6.07, 6.45) is -1.07. The van der Waals surface area contributed by atoms with Crippen LogP contribution in [-0.4, -0.2) is 62.2 Å². The van der Waals surface area contributed by atoms with Gasteiger partial charge in [0.25, 0.3) is 5.91 Å². The third-order valence-electron chi connectivity index (χ3n) is 6.45. The van der Waals surface area contributed by atoms with Gasteiger partial charge < -0.3 is 19.3 Å². The van der Waals surface area contributed by atoms with Crippen molar-refractivity contribution >= 4 is 40.2 Å². The molecule has 1 aliphatic rings. The second-order valence-corrected chi connectivity index (χ2v) is 10.5. The molecule has 0 fully saturated rings. The highest BCUT2D eigenvalue weighted by Crippen LogP contribution is 2.47. The summed E-state index contributed by atoms with van der Waals surface area (Å²) in [5, 5.41) is 0.454. The molecule has 38 heavy (non-hydrogen) atoms. The predicted molar refractivity (Wildman–Crippen MR) is 150 cm³/mol. The number of thioether (sulfide) groups is 1. The van der Waals surface area contributed by atoms with E-state index in [0.29, 0.717) is 24.4 Å². The van der Waals surface area contributed by atoms with Crippen LogP contribution in [0.3, 0.4) is 0 Å². The Morgan fingerprint density at radius 3 is 2.47 bits per heavy atom. The topological polar surface area (TPSA) is 72.0 Å². The molecule has 5 rings (SSSR count). The van der Waals surface area contributed by atoms with Crippen molar-refractivity contribution in [3.63, 3.8) is 0 Å². The van der Waals surface area contributed by atoms with E-state index in [0.717, 1.165) is 21.5 Å². The number of hydrogen-bond acceptors (Lipinski definition) is 7. The Morgan fingerprint density at radius 2 is 1.71 bits per heavy atom. The van der Waals surface area contributed by atoms with Crippen molar-refractivity contribution < 1.29 is 19.1 Å². The lowest BCUT2D eigenvalue weighted by Crippen LogP contribution is -2.45. The summed E-state index contributed by atoms with van der Waals surface area (Å²) in [5.74, 6) is -0.188. The standard InChI is InChI=1S/C30H29N3O4S/c1-32(2)18-19-33-25-10-6-7-11-26(25)38-28(21-12-15-22(36-3)16-13-21)27(29(33)34)37-30(35)24-17-14-20-8-4-5-9-23(20)31-24/h4-17,27-28H,18-19H2,1-3H3. The third-order valence-corrected chi connectivity index (χ3v) is 7.82. The Labute approximate surface area is 226 Å². The number of aromatic nitrogens is 1. The summed E-state index contributed by atoms with van der Waals surface area (Å²) in [6, 6.07) is 26.4. The molecule has 2 atom stereocenters. The van der Waals surface area contributed by atoms with E-state index in [2.05, 4.69) is 4.98 Å². The number of fused-ring (bicyclic) bond motifs is 2. The fourth-order valence-corrected chi connectivity index (χ4v) is 5.73. The van der Waals surface area contributed by atoms with E-state index < -0.39 is 17.3 Å². The van der Waals surface area contributed by atoms with E-state index in [1.165, 1.54) is 11.8 Å². The van der Waals surface area contributed by atoms with Gasteiger partial charge in [-0.1, -0.05) is 48.5 Å². The molecule has 0 aliphatic carbocycles. The van der Waals surface area contributed by atoms with Gasteiger partial charge in [0.15, 0.2) is 6.10 Å². The number of para-hydroxylation sites is 2. The molecule has 8 heteroatoms. The van der Waals surface area contributed by atoms with Crippen LogP contribution in [0.4, 0.5) is 5.69 Å². The number of esters is 1. The predicted octanol–water partition coefficient (Wildman–Crippen LogP) is 5.21. The normalized spacial score (nSPS) is 17.3. The van der Waals surface area contributed by atoms with Gasteiger partial charge in [-0.25, -0.2) is 9.78 Å². The van der Waals surface area contributed by atoms with Gasteiger partial charge in [-0.15, -0.1) is 11.8 Å². The van der Waals surface area contributed by atoms with Crippen molar-refractivity contribution in [2.75, 3.05) is 39.2 Å². The molecule has 7 nitrogen and oxygen atoms in total. The van der Waals surface area contributed by atoms with Crippen LogP contribution >= 0.6 is 11.8 Å². The quantitative estimate of drug-likeness (QED) is 0.306. The van der Waals surface area contributed by atoms with Crippen molar-refractivity contribution in [3.05, 3.63) is 96.2 Å². The Hall–Kier alpha value is -3.88. The van der Waals surface area contributed by atoms with E-state index in [1.54, 1.807) is 18.1 Å². The second kappa shape index (κ2) is 11.2. The zero-order valence-electron chi connectivity index (χ0n) is 21.5. The molecular formula is C30H29N3O4S. The summed E-state index contributed by atoms with van der Waals surface area (Å²) in [6.45, 7) is 1.12. The summed E-state index contributed by atoms with van der Waals surface area (Å²) in [5.41, 5.74) is 2.52. The lowest BCUT2D eigenvalue weighted by molar-refractivity contribution is -0.127. The number of anilines is 1. The number of rotatable bonds is 7. The maximum atomic E-state index is 14.2. The van der Waals surface area contributed by atoms with E-state index in [-0.39, 0.29) is 11.6 Å². The van der Waals surface area contributed by atoms with Crippen LogP contribution in [0.5, 0.6) is 5.75 Å². The molecule has 0 bridgehead atoms. The van der Waals surface area contributed by atoms with Gasteiger partial charge >= 0.3 is 5.97 Å². The van der Waals surface area contributed by atoms with Crippen LogP contribution in [0.15, 0.2) is 89.8 Å². The smallest absolute Gasteiger partial charge is 0.357 e. The van der Waals surface area contributed by atoms with Gasteiger partial charge in [-0.3, -0.25) is 4.79 Å². The minimum absolute atomic E-state index is 0.164. The lowest BCUT2D eigenvalue weighted by atomic mass is 10.1. The van der Waals surface area contributed by atoms with E-state index >= 15 is 0 Å². The van der Waals surface area contributed by atoms with Crippen LogP contribution in [0.25, 0.3) is 10.9 Å². The van der Waals surface area contributed by atoms with Crippen LogP contribution < -0.4 is 9.64 Å². The number of amides is 1. The van der Waals surface area contributed by atoms with Crippen molar-refractivity contribution in [2.24, 2.45) is 0 Å². The zero-order valence-corrected chi connectivity index (χ0v) is 22.4. The maximum absolute atomic E-state index is 14.2. The van der Waals surface area contributed by atoms with Gasteiger partial charge in [-0.05, 0) is 56.1 Å². The number of methoxy groups -OCH3 is 1. The van der Waals surface area contributed by atoms with Gasteiger partial charge in [0.2, 0.25) is 0 Å². The number of carbonyl (C=O) groups is 2. The molecule has 2 heterocycles. The molecule has 194 valence electrons. The van der Waals surface area contributed by atoms with Crippen LogP contribution in [-0.2, 0) is 9.53 Å². The number of ether oxygens (including phenoxy) is 2. The Kier molecular flexibility index (Phi) is 7.62. The first-order valence-electron chi connectivity index (χ1n) is 12.4. The minimum Gasteiger partial charge on any atom is -0.497 e. The number of hydrogen-bond donors (Lipinski definition) is 0. The van der Waals surface area contributed by atoms with Crippen LogP contribution in [0, 0.1) is 0 Å². The molecule has 0 saturated carbocycles. The Balaban J connectivity index is 1.55. The van der Waals surface area contributed by atoms with Gasteiger partial charge in [-0.2, -0.15) is 0 Å². The first kappa shape index (κ1) is 25.8. The summed E-state index contributed by atoms with van der Waals surface area (Å²) in [7, 11) is 5.54. The first-order valence-corrected chi connectivity index (χ1v) is 13.2. The van der Waals surface area contributed by atoms with E-state index in [4.69, 9.17) is 9.47 Å². The summed E-state index contributed by atoms with van der Waals surface area (Å²) in [4.78, 5) is 36.8. The zero-order chi connectivity index (χ0) is 26.6. The van der Waals surface area contributed by atoms with Crippen molar-refractivity contribution in [1.82, 2.24) is 9.88 Å². The number of benzene rings is 3.